The molecule has 0 saturated carbocycles. The van der Waals surface area contributed by atoms with Gasteiger partial charge >= 0.3 is 0 Å². The van der Waals surface area contributed by atoms with Gasteiger partial charge in [-0.3, -0.25) is 14.5 Å². The summed E-state index contributed by atoms with van der Waals surface area (Å²) in [5.41, 5.74) is 7.01. The van der Waals surface area contributed by atoms with E-state index in [1.807, 2.05) is 30.3 Å². The minimum absolute atomic E-state index is 0.0148. The summed E-state index contributed by atoms with van der Waals surface area (Å²) in [6.07, 6.45) is 1.19. The van der Waals surface area contributed by atoms with Gasteiger partial charge in [-0.05, 0) is 36.6 Å². The number of benzene rings is 2. The predicted molar refractivity (Wildman–Crippen MR) is 138 cm³/mol. The number of halogens is 1. The second kappa shape index (κ2) is 8.83. The van der Waals surface area contributed by atoms with Crippen molar-refractivity contribution in [3.63, 3.8) is 0 Å². The van der Waals surface area contributed by atoms with Crippen molar-refractivity contribution in [3.05, 3.63) is 88.1 Å². The molecule has 0 bridgehead atoms. The lowest BCUT2D eigenvalue weighted by Gasteiger charge is -2.42. The van der Waals surface area contributed by atoms with E-state index in [2.05, 4.69) is 21.6 Å². The first-order valence-corrected chi connectivity index (χ1v) is 13.3. The van der Waals surface area contributed by atoms with Gasteiger partial charge in [0.05, 0.1) is 5.57 Å². The number of hydrogen-bond donors (Lipinski definition) is 2. The Labute approximate surface area is 219 Å². The number of aromatic nitrogens is 2. The van der Waals surface area contributed by atoms with Gasteiger partial charge in [0.15, 0.2) is 10.1 Å². The van der Waals surface area contributed by atoms with Gasteiger partial charge in [0.1, 0.15) is 23.1 Å². The summed E-state index contributed by atoms with van der Waals surface area (Å²) in [6.45, 7) is 0. The SMILES string of the molecule is N#CC1=C(N)N(c2nnc(SCc3ccccc3)s2)C2=C(C(=O)CCC2)[C@@]12C(=O)Nc1ccc(F)cc12. The number of ketones is 1. The summed E-state index contributed by atoms with van der Waals surface area (Å²) < 4.78 is 15.1. The predicted octanol–water partition coefficient (Wildman–Crippen LogP) is 4.38. The molecule has 3 N–H and O–H groups in total. The normalized spacial score (nSPS) is 20.7. The smallest absolute Gasteiger partial charge is 0.245 e. The van der Waals surface area contributed by atoms with E-state index in [1.54, 1.807) is 4.90 Å². The Morgan fingerprint density at radius 2 is 2.00 bits per heavy atom. The maximum atomic E-state index is 14.4. The molecule has 2 aliphatic heterocycles. The molecule has 37 heavy (non-hydrogen) atoms. The number of allylic oxidation sites excluding steroid dienone is 1. The van der Waals surface area contributed by atoms with Crippen LogP contribution < -0.4 is 16.0 Å². The van der Waals surface area contributed by atoms with E-state index in [1.165, 1.54) is 41.3 Å². The molecule has 6 rings (SSSR count). The summed E-state index contributed by atoms with van der Waals surface area (Å²) in [6, 6.07) is 15.9. The molecule has 1 atom stereocenters. The zero-order chi connectivity index (χ0) is 25.7. The fraction of sp³-hybridized carbons (Fsp3) is 0.192. The van der Waals surface area contributed by atoms with Crippen LogP contribution in [0.4, 0.5) is 15.2 Å². The maximum Gasteiger partial charge on any atom is 0.245 e. The van der Waals surface area contributed by atoms with Gasteiger partial charge in [-0.25, -0.2) is 4.39 Å². The highest BCUT2D eigenvalue weighted by molar-refractivity contribution is 8.00. The number of nitrogens with two attached hydrogens (primary N) is 1. The number of carbonyl (C=O) groups is 2. The lowest BCUT2D eigenvalue weighted by molar-refractivity contribution is -0.122. The fourth-order valence-electron chi connectivity index (χ4n) is 5.25. The summed E-state index contributed by atoms with van der Waals surface area (Å²) in [5, 5.41) is 22.0. The molecule has 8 nitrogen and oxygen atoms in total. The third-order valence-electron chi connectivity index (χ3n) is 6.78. The minimum Gasteiger partial charge on any atom is -0.384 e. The van der Waals surface area contributed by atoms with Crippen LogP contribution in [0.2, 0.25) is 0 Å². The van der Waals surface area contributed by atoms with E-state index >= 15 is 0 Å². The molecule has 0 fully saturated rings. The molecule has 0 unspecified atom stereocenters. The van der Waals surface area contributed by atoms with Gasteiger partial charge < -0.3 is 11.1 Å². The third kappa shape index (κ3) is 3.48. The second-order valence-electron chi connectivity index (χ2n) is 8.82. The lowest BCUT2D eigenvalue weighted by atomic mass is 9.64. The van der Waals surface area contributed by atoms with E-state index in [0.717, 1.165) is 5.56 Å². The molecule has 3 aromatic rings. The zero-order valence-corrected chi connectivity index (χ0v) is 21.0. The average molecular weight is 531 g/mol. The molecule has 1 spiro atoms. The van der Waals surface area contributed by atoms with Gasteiger partial charge in [-0.15, -0.1) is 10.2 Å². The fourth-order valence-corrected chi connectivity index (χ4v) is 7.09. The van der Waals surface area contributed by atoms with Crippen LogP contribution in [0.1, 0.15) is 30.4 Å². The minimum atomic E-state index is -1.81. The lowest BCUT2D eigenvalue weighted by Crippen LogP contribution is -2.50. The monoisotopic (exact) mass is 530 g/mol. The number of thioether (sulfide) groups is 1. The number of carbonyl (C=O) groups excluding carboxylic acids is 2. The van der Waals surface area contributed by atoms with Crippen molar-refractivity contribution in [1.29, 1.82) is 5.26 Å². The van der Waals surface area contributed by atoms with Gasteiger partial charge in [0, 0.05) is 34.7 Å². The molecule has 0 radical (unpaired) electrons. The molecule has 1 aromatic heterocycles. The largest absolute Gasteiger partial charge is 0.384 e. The number of nitriles is 1. The van der Waals surface area contributed by atoms with Crippen LogP contribution in [-0.4, -0.2) is 21.9 Å². The Bertz CT molecular complexity index is 1580. The Morgan fingerprint density at radius 3 is 2.78 bits per heavy atom. The van der Waals surface area contributed by atoms with E-state index in [4.69, 9.17) is 5.73 Å². The van der Waals surface area contributed by atoms with Crippen LogP contribution in [0, 0.1) is 17.1 Å². The van der Waals surface area contributed by atoms with Gasteiger partial charge in [-0.2, -0.15) is 5.26 Å². The Kier molecular flexibility index (Phi) is 5.58. The van der Waals surface area contributed by atoms with Gasteiger partial charge in [-0.1, -0.05) is 53.4 Å². The van der Waals surface area contributed by atoms with Crippen molar-refractivity contribution in [2.45, 2.75) is 34.8 Å². The number of Topliss-reactive ketones (excluding diaryl/α,β-unsaturated/α-hetero) is 1. The summed E-state index contributed by atoms with van der Waals surface area (Å²) in [4.78, 5) is 28.6. The van der Waals surface area contributed by atoms with E-state index in [-0.39, 0.29) is 34.7 Å². The zero-order valence-electron chi connectivity index (χ0n) is 19.3. The molecule has 11 heteroatoms. The van der Waals surface area contributed by atoms with E-state index in [9.17, 15) is 19.2 Å². The van der Waals surface area contributed by atoms with Crippen molar-refractivity contribution in [2.75, 3.05) is 10.2 Å². The molecule has 3 aliphatic rings. The Morgan fingerprint density at radius 1 is 1.19 bits per heavy atom. The first-order chi connectivity index (χ1) is 17.9. The quantitative estimate of drug-likeness (QED) is 0.476. The van der Waals surface area contributed by atoms with Crippen LogP contribution in [0.5, 0.6) is 0 Å². The Balaban J connectivity index is 1.49. The molecule has 1 amide bonds. The number of nitrogens with zero attached hydrogens (tertiary/aromatic N) is 4. The molecular formula is C26H19FN6O2S2. The highest BCUT2D eigenvalue weighted by Gasteiger charge is 2.60. The van der Waals surface area contributed by atoms with Gasteiger partial charge in [0.2, 0.25) is 11.0 Å². The molecular weight excluding hydrogens is 511 g/mol. The van der Waals surface area contributed by atoms with Crippen LogP contribution in [0.25, 0.3) is 0 Å². The highest BCUT2D eigenvalue weighted by Crippen LogP contribution is 2.55. The summed E-state index contributed by atoms with van der Waals surface area (Å²) >= 11 is 2.80. The topological polar surface area (TPSA) is 125 Å². The maximum absolute atomic E-state index is 14.4. The molecule has 2 aromatic carbocycles. The summed E-state index contributed by atoms with van der Waals surface area (Å²) in [5.74, 6) is -0.766. The van der Waals surface area contributed by atoms with Crippen molar-refractivity contribution < 1.29 is 14.0 Å². The molecule has 3 heterocycles. The number of fused-ring (bicyclic) bond motifs is 3. The standard InChI is InChI=1S/C26H19FN6O2S2/c27-15-9-10-18-16(11-15)26(23(35)30-18)17(12-28)22(29)33(19-7-4-8-20(34)21(19)26)24-31-32-25(37-24)36-13-14-5-2-1-3-6-14/h1-3,5-6,9-11H,4,7-8,13,29H2,(H,30,35)/t26-/m0/s1. The second-order valence-corrected chi connectivity index (χ2v) is 11.0. The van der Waals surface area contributed by atoms with E-state index < -0.39 is 17.1 Å². The third-order valence-corrected chi connectivity index (χ3v) is 8.89. The number of anilines is 2. The first kappa shape index (κ1) is 23.4. The molecule has 1 aliphatic carbocycles. The van der Waals surface area contributed by atoms with E-state index in [0.29, 0.717) is 39.5 Å². The highest BCUT2D eigenvalue weighted by atomic mass is 32.2. The van der Waals surface area contributed by atoms with Crippen molar-refractivity contribution in [1.82, 2.24) is 10.2 Å². The van der Waals surface area contributed by atoms with Crippen LogP contribution in [0.3, 0.4) is 0 Å². The number of nitrogens with one attached hydrogen (secondary N) is 1. The van der Waals surface area contributed by atoms with Gasteiger partial charge in [0.25, 0.3) is 0 Å². The molecule has 184 valence electrons. The summed E-state index contributed by atoms with van der Waals surface area (Å²) in [7, 11) is 0. The van der Waals surface area contributed by atoms with Crippen molar-refractivity contribution >= 4 is 45.6 Å². The van der Waals surface area contributed by atoms with Crippen molar-refractivity contribution in [2.24, 2.45) is 5.73 Å². The number of hydrogen-bond acceptors (Lipinski definition) is 9. The number of amides is 1. The first-order valence-electron chi connectivity index (χ1n) is 11.5. The van der Waals surface area contributed by atoms with Crippen LogP contribution in [0.15, 0.2) is 75.5 Å². The van der Waals surface area contributed by atoms with Crippen molar-refractivity contribution in [3.8, 4) is 6.07 Å². The Hall–Kier alpha value is -4.01. The van der Waals surface area contributed by atoms with Crippen LogP contribution in [-0.2, 0) is 20.8 Å². The van der Waals surface area contributed by atoms with Crippen LogP contribution >= 0.6 is 23.1 Å². The number of rotatable bonds is 4. The molecule has 0 saturated heterocycles. The average Bonchev–Trinajstić information content (AvgIpc) is 3.47.